The van der Waals surface area contributed by atoms with Crippen LogP contribution < -0.4 is 5.73 Å². The molecule has 23 heavy (non-hydrogen) atoms. The van der Waals surface area contributed by atoms with Gasteiger partial charge in [-0.2, -0.15) is 0 Å². The number of likely N-dealkylation sites (tertiary alicyclic amines) is 1. The minimum atomic E-state index is 0. The SMILES string of the molecule is CCC1CC(CN2C[C@@H](CN)[C@H](c3ccccc3)C2)CCO1.Cl. The fraction of sp³-hybridized carbons (Fsp3) is 0.684. The Bertz CT molecular complexity index is 456. The lowest BCUT2D eigenvalue weighted by molar-refractivity contribution is -0.0165. The molecular weight excluding hydrogens is 308 g/mol. The lowest BCUT2D eigenvalue weighted by Crippen LogP contribution is -2.34. The second-order valence-electron chi connectivity index (χ2n) is 7.02. The van der Waals surface area contributed by atoms with Crippen molar-refractivity contribution in [3.8, 4) is 0 Å². The Morgan fingerprint density at radius 1 is 1.22 bits per heavy atom. The Balaban J connectivity index is 0.00000192. The van der Waals surface area contributed by atoms with Crippen LogP contribution in [0.4, 0.5) is 0 Å². The molecular formula is C19H31ClN2O. The third-order valence-corrected chi connectivity index (χ3v) is 5.49. The summed E-state index contributed by atoms with van der Waals surface area (Å²) in [4.78, 5) is 2.65. The number of rotatable bonds is 5. The van der Waals surface area contributed by atoms with Crippen LogP contribution in [0.1, 0.15) is 37.7 Å². The van der Waals surface area contributed by atoms with Crippen LogP contribution >= 0.6 is 12.4 Å². The van der Waals surface area contributed by atoms with Crippen LogP contribution in [0, 0.1) is 11.8 Å². The quantitative estimate of drug-likeness (QED) is 0.895. The average molecular weight is 339 g/mol. The van der Waals surface area contributed by atoms with Gasteiger partial charge in [0.25, 0.3) is 0 Å². The van der Waals surface area contributed by atoms with E-state index in [4.69, 9.17) is 10.5 Å². The molecule has 3 rings (SSSR count). The van der Waals surface area contributed by atoms with E-state index >= 15 is 0 Å². The minimum absolute atomic E-state index is 0. The molecule has 2 aliphatic rings. The van der Waals surface area contributed by atoms with Crippen molar-refractivity contribution in [2.75, 3.05) is 32.8 Å². The van der Waals surface area contributed by atoms with Gasteiger partial charge < -0.3 is 15.4 Å². The van der Waals surface area contributed by atoms with E-state index in [9.17, 15) is 0 Å². The van der Waals surface area contributed by atoms with Crippen LogP contribution in [0.3, 0.4) is 0 Å². The summed E-state index contributed by atoms with van der Waals surface area (Å²) in [6, 6.07) is 10.9. The van der Waals surface area contributed by atoms with Crippen LogP contribution in [-0.4, -0.2) is 43.8 Å². The van der Waals surface area contributed by atoms with Crippen LogP contribution in [0.5, 0.6) is 0 Å². The molecule has 0 bridgehead atoms. The van der Waals surface area contributed by atoms with Crippen molar-refractivity contribution in [2.24, 2.45) is 17.6 Å². The lowest BCUT2D eigenvalue weighted by Gasteiger charge is -2.31. The van der Waals surface area contributed by atoms with Crippen LogP contribution in [-0.2, 0) is 4.74 Å². The first-order chi connectivity index (χ1) is 10.8. The summed E-state index contributed by atoms with van der Waals surface area (Å²) in [6.07, 6.45) is 4.08. The van der Waals surface area contributed by atoms with Crippen molar-refractivity contribution >= 4 is 12.4 Å². The highest BCUT2D eigenvalue weighted by Crippen LogP contribution is 2.33. The molecule has 2 fully saturated rings. The molecule has 1 aromatic carbocycles. The molecule has 2 saturated heterocycles. The third-order valence-electron chi connectivity index (χ3n) is 5.49. The van der Waals surface area contributed by atoms with Gasteiger partial charge in [0.1, 0.15) is 0 Å². The van der Waals surface area contributed by atoms with Gasteiger partial charge in [0.2, 0.25) is 0 Å². The van der Waals surface area contributed by atoms with Gasteiger partial charge in [-0.1, -0.05) is 37.3 Å². The maximum atomic E-state index is 6.05. The topological polar surface area (TPSA) is 38.5 Å². The van der Waals surface area contributed by atoms with Gasteiger partial charge in [-0.3, -0.25) is 0 Å². The largest absolute Gasteiger partial charge is 0.378 e. The van der Waals surface area contributed by atoms with Crippen molar-refractivity contribution in [1.82, 2.24) is 4.90 Å². The summed E-state index contributed by atoms with van der Waals surface area (Å²) in [7, 11) is 0. The Kier molecular flexibility index (Phi) is 7.35. The monoisotopic (exact) mass is 338 g/mol. The number of nitrogens with zero attached hydrogens (tertiary/aromatic N) is 1. The van der Waals surface area contributed by atoms with E-state index in [1.807, 2.05) is 0 Å². The van der Waals surface area contributed by atoms with E-state index in [1.54, 1.807) is 0 Å². The summed E-state index contributed by atoms with van der Waals surface area (Å²) in [5.74, 6) is 2.00. The zero-order chi connectivity index (χ0) is 15.4. The smallest absolute Gasteiger partial charge is 0.0575 e. The van der Waals surface area contributed by atoms with Crippen LogP contribution in [0.2, 0.25) is 0 Å². The first-order valence-corrected chi connectivity index (χ1v) is 8.89. The first-order valence-electron chi connectivity index (χ1n) is 8.89. The average Bonchev–Trinajstić information content (AvgIpc) is 2.98. The highest BCUT2D eigenvalue weighted by atomic mass is 35.5. The van der Waals surface area contributed by atoms with E-state index in [1.165, 1.54) is 31.5 Å². The number of nitrogens with two attached hydrogens (primary N) is 1. The summed E-state index contributed by atoms with van der Waals surface area (Å²) in [5, 5.41) is 0. The first kappa shape index (κ1) is 18.7. The number of halogens is 1. The second-order valence-corrected chi connectivity index (χ2v) is 7.02. The number of hydrogen-bond acceptors (Lipinski definition) is 3. The van der Waals surface area contributed by atoms with Gasteiger partial charge in [0, 0.05) is 32.2 Å². The van der Waals surface area contributed by atoms with Crippen LogP contribution in [0.15, 0.2) is 30.3 Å². The Labute approximate surface area is 147 Å². The molecule has 0 aromatic heterocycles. The summed E-state index contributed by atoms with van der Waals surface area (Å²) < 4.78 is 5.82. The fourth-order valence-electron chi connectivity index (χ4n) is 4.20. The number of ether oxygens (including phenoxy) is 1. The Hall–Kier alpha value is -0.610. The molecule has 0 saturated carbocycles. The van der Waals surface area contributed by atoms with E-state index in [0.29, 0.717) is 17.9 Å². The van der Waals surface area contributed by atoms with Crippen LogP contribution in [0.25, 0.3) is 0 Å². The fourth-order valence-corrected chi connectivity index (χ4v) is 4.20. The maximum Gasteiger partial charge on any atom is 0.0575 e. The van der Waals surface area contributed by atoms with Crippen molar-refractivity contribution in [3.05, 3.63) is 35.9 Å². The van der Waals surface area contributed by atoms with Gasteiger partial charge >= 0.3 is 0 Å². The summed E-state index contributed by atoms with van der Waals surface area (Å²) in [5.41, 5.74) is 7.51. The van der Waals surface area contributed by atoms with Gasteiger partial charge in [-0.25, -0.2) is 0 Å². The van der Waals surface area contributed by atoms with Crippen molar-refractivity contribution in [1.29, 1.82) is 0 Å². The van der Waals surface area contributed by atoms with Gasteiger partial charge in [0.15, 0.2) is 0 Å². The molecule has 1 aromatic rings. The molecule has 0 radical (unpaired) electrons. The third kappa shape index (κ3) is 4.69. The summed E-state index contributed by atoms with van der Waals surface area (Å²) >= 11 is 0. The van der Waals surface area contributed by atoms with E-state index in [2.05, 4.69) is 42.2 Å². The van der Waals surface area contributed by atoms with E-state index < -0.39 is 0 Å². The molecule has 4 atom stereocenters. The molecule has 2 aliphatic heterocycles. The molecule has 130 valence electrons. The van der Waals surface area contributed by atoms with Gasteiger partial charge in [0.05, 0.1) is 6.10 Å². The van der Waals surface area contributed by atoms with Crippen molar-refractivity contribution < 1.29 is 4.74 Å². The lowest BCUT2D eigenvalue weighted by atomic mass is 9.89. The normalized spacial score (nSPS) is 31.7. The molecule has 0 aliphatic carbocycles. The molecule has 0 amide bonds. The summed E-state index contributed by atoms with van der Waals surface area (Å²) in [6.45, 7) is 7.52. The molecule has 2 N–H and O–H groups in total. The molecule has 2 unspecified atom stereocenters. The predicted octanol–water partition coefficient (Wildman–Crippen LogP) is 3.29. The molecule has 4 heteroatoms. The highest BCUT2D eigenvalue weighted by molar-refractivity contribution is 5.85. The zero-order valence-corrected chi connectivity index (χ0v) is 15.0. The molecule has 3 nitrogen and oxygen atoms in total. The van der Waals surface area contributed by atoms with Gasteiger partial charge in [-0.15, -0.1) is 12.4 Å². The second kappa shape index (κ2) is 9.03. The maximum absolute atomic E-state index is 6.05. The number of hydrogen-bond donors (Lipinski definition) is 1. The predicted molar refractivity (Wildman–Crippen MR) is 98.2 cm³/mol. The van der Waals surface area contributed by atoms with Crippen molar-refractivity contribution in [3.63, 3.8) is 0 Å². The van der Waals surface area contributed by atoms with E-state index in [0.717, 1.165) is 32.0 Å². The standard InChI is InChI=1S/C19H30N2O.ClH/c1-2-18-10-15(8-9-22-18)12-21-13-17(11-20)19(14-21)16-6-4-3-5-7-16;/h3-7,15,17-19H,2,8-14,20H2,1H3;1H/t15?,17-,18?,19+;/m1./s1. The Morgan fingerprint density at radius 3 is 2.70 bits per heavy atom. The zero-order valence-electron chi connectivity index (χ0n) is 14.2. The molecule has 0 spiro atoms. The van der Waals surface area contributed by atoms with Gasteiger partial charge in [-0.05, 0) is 43.2 Å². The minimum Gasteiger partial charge on any atom is -0.378 e. The van der Waals surface area contributed by atoms with E-state index in [-0.39, 0.29) is 12.4 Å². The Morgan fingerprint density at radius 2 is 2.00 bits per heavy atom. The highest BCUT2D eigenvalue weighted by Gasteiger charge is 2.34. The number of benzene rings is 1. The van der Waals surface area contributed by atoms with Crippen molar-refractivity contribution in [2.45, 2.75) is 38.2 Å². The molecule has 2 heterocycles.